The maximum absolute atomic E-state index is 5.84. The zero-order chi connectivity index (χ0) is 17.8. The lowest BCUT2D eigenvalue weighted by molar-refractivity contribution is 0.196. The number of hydrogen-bond donors (Lipinski definition) is 0. The van der Waals surface area contributed by atoms with Crippen LogP contribution >= 0.6 is 0 Å². The number of imidazole rings is 1. The molecule has 2 aromatic heterocycles. The quantitative estimate of drug-likeness (QED) is 0.707. The summed E-state index contributed by atoms with van der Waals surface area (Å²) in [4.78, 5) is 15.9. The third-order valence-electron chi connectivity index (χ3n) is 4.66. The molecule has 134 valence electrons. The molecule has 1 aliphatic rings. The van der Waals surface area contributed by atoms with Gasteiger partial charge in [0.05, 0.1) is 23.9 Å². The molecular weight excluding hydrogens is 326 g/mol. The Morgan fingerprint density at radius 1 is 1.19 bits per heavy atom. The Bertz CT molecular complexity index is 848. The Labute approximate surface area is 153 Å². The molecule has 0 spiro atoms. The van der Waals surface area contributed by atoms with Crippen LogP contribution in [0.1, 0.15) is 30.1 Å². The Kier molecular flexibility index (Phi) is 4.93. The number of aromatic nitrogens is 4. The number of hydrogen-bond acceptors (Lipinski definition) is 5. The second-order valence-corrected chi connectivity index (χ2v) is 6.80. The predicted octanol–water partition coefficient (Wildman–Crippen LogP) is 3.38. The summed E-state index contributed by atoms with van der Waals surface area (Å²) in [5, 5.41) is 0. The number of aryl methyl sites for hydroxylation is 1. The Balaban J connectivity index is 1.44. The van der Waals surface area contributed by atoms with Crippen molar-refractivity contribution in [2.24, 2.45) is 7.05 Å². The minimum Gasteiger partial charge on any atom is -0.437 e. The monoisotopic (exact) mass is 349 g/mol. The molecule has 0 radical (unpaired) electrons. The first kappa shape index (κ1) is 16.7. The van der Waals surface area contributed by atoms with Gasteiger partial charge in [0, 0.05) is 38.4 Å². The molecular formula is C20H23N5O. The first-order valence-electron chi connectivity index (χ1n) is 9.00. The van der Waals surface area contributed by atoms with Gasteiger partial charge in [0.1, 0.15) is 5.75 Å². The molecule has 6 nitrogen and oxygen atoms in total. The second kappa shape index (κ2) is 7.66. The second-order valence-electron chi connectivity index (χ2n) is 6.80. The predicted molar refractivity (Wildman–Crippen MR) is 99.0 cm³/mol. The number of nitrogens with zero attached hydrogens (tertiary/aromatic N) is 5. The van der Waals surface area contributed by atoms with Gasteiger partial charge in [0.2, 0.25) is 5.88 Å². The van der Waals surface area contributed by atoms with Crippen LogP contribution in [0, 0.1) is 0 Å². The average molecular weight is 349 g/mol. The highest BCUT2D eigenvalue weighted by atomic mass is 16.5. The van der Waals surface area contributed by atoms with Gasteiger partial charge in [0.25, 0.3) is 0 Å². The van der Waals surface area contributed by atoms with E-state index in [1.165, 1.54) is 0 Å². The third-order valence-corrected chi connectivity index (χ3v) is 4.66. The summed E-state index contributed by atoms with van der Waals surface area (Å²) in [7, 11) is 2.00. The number of para-hydroxylation sites is 1. The Morgan fingerprint density at radius 2 is 2.08 bits per heavy atom. The van der Waals surface area contributed by atoms with E-state index in [0.717, 1.165) is 49.6 Å². The minimum absolute atomic E-state index is 0.374. The molecule has 1 fully saturated rings. The molecule has 0 amide bonds. The molecule has 1 aromatic carbocycles. The smallest absolute Gasteiger partial charge is 0.238 e. The molecule has 3 aromatic rings. The van der Waals surface area contributed by atoms with Crippen molar-refractivity contribution in [1.82, 2.24) is 24.4 Å². The van der Waals surface area contributed by atoms with Gasteiger partial charge in [-0.3, -0.25) is 9.88 Å². The fourth-order valence-electron chi connectivity index (χ4n) is 3.44. The van der Waals surface area contributed by atoms with Gasteiger partial charge in [-0.05, 0) is 31.5 Å². The number of piperidine rings is 1. The highest BCUT2D eigenvalue weighted by molar-refractivity contribution is 5.26. The third kappa shape index (κ3) is 4.08. The van der Waals surface area contributed by atoms with Crippen LogP contribution in [0.3, 0.4) is 0 Å². The fraction of sp³-hybridized carbons (Fsp3) is 0.350. The molecule has 1 atom stereocenters. The average Bonchev–Trinajstić information content (AvgIpc) is 3.08. The summed E-state index contributed by atoms with van der Waals surface area (Å²) < 4.78 is 7.83. The van der Waals surface area contributed by atoms with Crippen LogP contribution in [0.25, 0.3) is 0 Å². The summed E-state index contributed by atoms with van der Waals surface area (Å²) >= 11 is 0. The van der Waals surface area contributed by atoms with Gasteiger partial charge in [-0.15, -0.1) is 0 Å². The molecule has 6 heteroatoms. The van der Waals surface area contributed by atoms with Gasteiger partial charge in [-0.25, -0.2) is 9.97 Å². The normalized spacial score (nSPS) is 18.0. The van der Waals surface area contributed by atoms with Crippen LogP contribution in [-0.4, -0.2) is 37.5 Å². The zero-order valence-electron chi connectivity index (χ0n) is 15.0. The molecule has 0 unspecified atom stereocenters. The number of rotatable bonds is 5. The number of ether oxygens (including phenoxy) is 1. The first-order valence-corrected chi connectivity index (χ1v) is 9.00. The molecule has 0 aliphatic carbocycles. The number of benzene rings is 1. The maximum atomic E-state index is 5.84. The molecule has 0 N–H and O–H groups in total. The van der Waals surface area contributed by atoms with Crippen molar-refractivity contribution in [3.05, 3.63) is 66.6 Å². The van der Waals surface area contributed by atoms with E-state index >= 15 is 0 Å². The summed E-state index contributed by atoms with van der Waals surface area (Å²) in [5.41, 5.74) is 2.12. The van der Waals surface area contributed by atoms with Crippen LogP contribution in [0.15, 0.2) is 55.2 Å². The van der Waals surface area contributed by atoms with Crippen molar-refractivity contribution < 1.29 is 4.74 Å². The number of likely N-dealkylation sites (tertiary alicyclic amines) is 1. The molecule has 3 heterocycles. The lowest BCUT2D eigenvalue weighted by atomic mass is 9.95. The van der Waals surface area contributed by atoms with Crippen molar-refractivity contribution in [3.8, 4) is 11.6 Å². The van der Waals surface area contributed by atoms with Crippen molar-refractivity contribution in [1.29, 1.82) is 0 Å². The van der Waals surface area contributed by atoms with Crippen LogP contribution in [-0.2, 0) is 13.6 Å². The van der Waals surface area contributed by atoms with Crippen LogP contribution in [0.2, 0.25) is 0 Å². The van der Waals surface area contributed by atoms with E-state index in [0.29, 0.717) is 11.8 Å². The van der Waals surface area contributed by atoms with E-state index in [1.54, 1.807) is 6.20 Å². The minimum atomic E-state index is 0.374. The van der Waals surface area contributed by atoms with Crippen molar-refractivity contribution in [2.45, 2.75) is 25.3 Å². The molecule has 4 rings (SSSR count). The topological polar surface area (TPSA) is 56.1 Å². The Hall–Kier alpha value is -2.73. The van der Waals surface area contributed by atoms with Crippen LogP contribution < -0.4 is 4.74 Å². The van der Waals surface area contributed by atoms with Gasteiger partial charge in [-0.2, -0.15) is 0 Å². The van der Waals surface area contributed by atoms with E-state index in [4.69, 9.17) is 9.72 Å². The SMILES string of the molecule is Cn1cnc(CN2CCC[C@@H](c3cncc(Oc4ccccc4)n3)C2)c1. The summed E-state index contributed by atoms with van der Waals surface area (Å²) in [6.45, 7) is 2.95. The van der Waals surface area contributed by atoms with Crippen molar-refractivity contribution in [3.63, 3.8) is 0 Å². The highest BCUT2D eigenvalue weighted by Gasteiger charge is 2.23. The van der Waals surface area contributed by atoms with Crippen LogP contribution in [0.5, 0.6) is 11.6 Å². The summed E-state index contributed by atoms with van der Waals surface area (Å²) in [6.07, 6.45) is 9.76. The zero-order valence-corrected chi connectivity index (χ0v) is 15.0. The molecule has 1 aliphatic heterocycles. The van der Waals surface area contributed by atoms with E-state index in [9.17, 15) is 0 Å². The first-order chi connectivity index (χ1) is 12.8. The van der Waals surface area contributed by atoms with E-state index < -0.39 is 0 Å². The van der Waals surface area contributed by atoms with E-state index in [-0.39, 0.29) is 0 Å². The van der Waals surface area contributed by atoms with E-state index in [2.05, 4.69) is 21.1 Å². The summed E-state index contributed by atoms with van der Waals surface area (Å²) in [6, 6.07) is 9.70. The standard InChI is InChI=1S/C20H23N5O/c1-24-13-17(22-15-24)14-25-9-5-6-16(12-25)19-10-21-11-20(23-19)26-18-7-3-2-4-8-18/h2-4,7-8,10-11,13,15-16H,5-6,9,12,14H2,1H3/t16-/m1/s1. The lowest BCUT2D eigenvalue weighted by Gasteiger charge is -2.31. The molecule has 0 saturated carbocycles. The lowest BCUT2D eigenvalue weighted by Crippen LogP contribution is -2.34. The fourth-order valence-corrected chi connectivity index (χ4v) is 3.44. The van der Waals surface area contributed by atoms with Gasteiger partial charge in [-0.1, -0.05) is 18.2 Å². The highest BCUT2D eigenvalue weighted by Crippen LogP contribution is 2.28. The Morgan fingerprint density at radius 3 is 2.88 bits per heavy atom. The molecule has 26 heavy (non-hydrogen) atoms. The largest absolute Gasteiger partial charge is 0.437 e. The molecule has 0 bridgehead atoms. The summed E-state index contributed by atoms with van der Waals surface area (Å²) in [5.74, 6) is 1.70. The maximum Gasteiger partial charge on any atom is 0.238 e. The van der Waals surface area contributed by atoms with Gasteiger partial charge >= 0.3 is 0 Å². The van der Waals surface area contributed by atoms with Crippen molar-refractivity contribution in [2.75, 3.05) is 13.1 Å². The van der Waals surface area contributed by atoms with Gasteiger partial charge < -0.3 is 9.30 Å². The van der Waals surface area contributed by atoms with Crippen molar-refractivity contribution >= 4 is 0 Å². The van der Waals surface area contributed by atoms with E-state index in [1.807, 2.05) is 54.5 Å². The van der Waals surface area contributed by atoms with Gasteiger partial charge in [0.15, 0.2) is 0 Å². The van der Waals surface area contributed by atoms with Crippen LogP contribution in [0.4, 0.5) is 0 Å². The molecule has 1 saturated heterocycles.